The summed E-state index contributed by atoms with van der Waals surface area (Å²) in [5.41, 5.74) is 5.73. The number of halogens is 1. The zero-order valence-corrected chi connectivity index (χ0v) is 10.1. The molecule has 0 aromatic heterocycles. The standard InChI is InChI=1S/C10H12BrNO3/c1-14-9-4-6(11)3-7(8(13)5-12)10(9)15-2/h3-4H,5,12H2,1-2H3. The molecule has 1 aromatic rings. The molecule has 0 spiro atoms. The fourth-order valence-corrected chi connectivity index (χ4v) is 1.68. The van der Waals surface area contributed by atoms with Gasteiger partial charge in [0.15, 0.2) is 17.3 Å². The van der Waals surface area contributed by atoms with Crippen LogP contribution >= 0.6 is 15.9 Å². The molecule has 0 bridgehead atoms. The molecule has 5 heteroatoms. The van der Waals surface area contributed by atoms with E-state index in [1.165, 1.54) is 14.2 Å². The highest BCUT2D eigenvalue weighted by Gasteiger charge is 2.16. The van der Waals surface area contributed by atoms with Gasteiger partial charge < -0.3 is 15.2 Å². The molecule has 15 heavy (non-hydrogen) atoms. The van der Waals surface area contributed by atoms with Crippen LogP contribution in [0, 0.1) is 0 Å². The van der Waals surface area contributed by atoms with Crippen molar-refractivity contribution in [1.29, 1.82) is 0 Å². The van der Waals surface area contributed by atoms with Crippen LogP contribution in [-0.4, -0.2) is 26.5 Å². The summed E-state index contributed by atoms with van der Waals surface area (Å²) in [5, 5.41) is 0. The summed E-state index contributed by atoms with van der Waals surface area (Å²) in [4.78, 5) is 11.5. The second-order valence-corrected chi connectivity index (χ2v) is 3.73. The highest BCUT2D eigenvalue weighted by atomic mass is 79.9. The van der Waals surface area contributed by atoms with Crippen LogP contribution in [-0.2, 0) is 0 Å². The number of carbonyl (C=O) groups is 1. The molecule has 0 fully saturated rings. The van der Waals surface area contributed by atoms with Crippen LogP contribution in [0.1, 0.15) is 10.4 Å². The molecule has 1 rings (SSSR count). The molecule has 82 valence electrons. The minimum atomic E-state index is -0.188. The van der Waals surface area contributed by atoms with E-state index >= 15 is 0 Å². The number of ketones is 1. The number of carbonyl (C=O) groups excluding carboxylic acids is 1. The number of hydrogen-bond acceptors (Lipinski definition) is 4. The third kappa shape index (κ3) is 2.49. The lowest BCUT2D eigenvalue weighted by molar-refractivity contribution is 0.0997. The maximum atomic E-state index is 11.5. The van der Waals surface area contributed by atoms with Gasteiger partial charge in [-0.15, -0.1) is 0 Å². The monoisotopic (exact) mass is 273 g/mol. The van der Waals surface area contributed by atoms with Gasteiger partial charge >= 0.3 is 0 Å². The second-order valence-electron chi connectivity index (χ2n) is 2.82. The zero-order valence-electron chi connectivity index (χ0n) is 8.54. The van der Waals surface area contributed by atoms with E-state index in [-0.39, 0.29) is 12.3 Å². The summed E-state index contributed by atoms with van der Waals surface area (Å²) in [6.07, 6.45) is 0. The molecular weight excluding hydrogens is 262 g/mol. The van der Waals surface area contributed by atoms with Gasteiger partial charge in [-0.1, -0.05) is 15.9 Å². The fraction of sp³-hybridized carbons (Fsp3) is 0.300. The average molecular weight is 274 g/mol. The van der Waals surface area contributed by atoms with E-state index in [1.807, 2.05) is 0 Å². The largest absolute Gasteiger partial charge is 0.493 e. The van der Waals surface area contributed by atoms with Gasteiger partial charge in [-0.3, -0.25) is 4.79 Å². The molecule has 4 nitrogen and oxygen atoms in total. The minimum Gasteiger partial charge on any atom is -0.493 e. The van der Waals surface area contributed by atoms with Crippen molar-refractivity contribution in [3.05, 3.63) is 22.2 Å². The third-order valence-electron chi connectivity index (χ3n) is 1.93. The smallest absolute Gasteiger partial charge is 0.180 e. The summed E-state index contributed by atoms with van der Waals surface area (Å²) in [5.74, 6) is 0.728. The van der Waals surface area contributed by atoms with Gasteiger partial charge in [0.25, 0.3) is 0 Å². The van der Waals surface area contributed by atoms with E-state index in [0.717, 1.165) is 4.47 Å². The first-order valence-electron chi connectivity index (χ1n) is 4.28. The number of nitrogens with two attached hydrogens (primary N) is 1. The van der Waals surface area contributed by atoms with E-state index < -0.39 is 0 Å². The molecule has 0 aliphatic carbocycles. The van der Waals surface area contributed by atoms with Crippen LogP contribution in [0.2, 0.25) is 0 Å². The van der Waals surface area contributed by atoms with Crippen LogP contribution in [0.15, 0.2) is 16.6 Å². The highest BCUT2D eigenvalue weighted by molar-refractivity contribution is 9.10. The van der Waals surface area contributed by atoms with Gasteiger partial charge in [-0.25, -0.2) is 0 Å². The first-order valence-corrected chi connectivity index (χ1v) is 5.08. The fourth-order valence-electron chi connectivity index (χ4n) is 1.25. The molecule has 1 aromatic carbocycles. The number of hydrogen-bond donors (Lipinski definition) is 1. The number of ether oxygens (including phenoxy) is 2. The van der Waals surface area contributed by atoms with Crippen LogP contribution in [0.3, 0.4) is 0 Å². The first-order chi connectivity index (χ1) is 7.13. The van der Waals surface area contributed by atoms with Crippen molar-refractivity contribution in [3.63, 3.8) is 0 Å². The molecule has 0 radical (unpaired) electrons. The summed E-state index contributed by atoms with van der Waals surface area (Å²) in [7, 11) is 3.00. The molecular formula is C10H12BrNO3. The molecule has 2 N–H and O–H groups in total. The Balaban J connectivity index is 3.35. The van der Waals surface area contributed by atoms with E-state index in [1.54, 1.807) is 12.1 Å². The SMILES string of the molecule is COc1cc(Br)cc(C(=O)CN)c1OC. The van der Waals surface area contributed by atoms with Crippen LogP contribution in [0.4, 0.5) is 0 Å². The minimum absolute atomic E-state index is 0.0596. The van der Waals surface area contributed by atoms with Gasteiger partial charge in [-0.05, 0) is 12.1 Å². The molecule has 0 aliphatic heterocycles. The molecule has 0 saturated carbocycles. The van der Waals surface area contributed by atoms with Crippen LogP contribution < -0.4 is 15.2 Å². The average Bonchev–Trinajstić information content (AvgIpc) is 2.26. The molecule has 0 atom stereocenters. The predicted octanol–water partition coefficient (Wildman–Crippen LogP) is 1.61. The molecule has 0 amide bonds. The quantitative estimate of drug-likeness (QED) is 0.847. The summed E-state index contributed by atoms with van der Waals surface area (Å²) in [6.45, 7) is -0.0596. The number of benzene rings is 1. The van der Waals surface area contributed by atoms with Crippen molar-refractivity contribution < 1.29 is 14.3 Å². The van der Waals surface area contributed by atoms with Gasteiger partial charge in [0.2, 0.25) is 0 Å². The van der Waals surface area contributed by atoms with E-state index in [2.05, 4.69) is 15.9 Å². The maximum Gasteiger partial charge on any atom is 0.180 e. The molecule has 0 unspecified atom stereocenters. The molecule has 0 saturated heterocycles. The van der Waals surface area contributed by atoms with Gasteiger partial charge in [0.05, 0.1) is 26.3 Å². The molecule has 0 heterocycles. The number of methoxy groups -OCH3 is 2. The lowest BCUT2D eigenvalue weighted by Crippen LogP contribution is -2.15. The Bertz CT molecular complexity index is 379. The van der Waals surface area contributed by atoms with Crippen molar-refractivity contribution in [3.8, 4) is 11.5 Å². The number of rotatable bonds is 4. The predicted molar refractivity (Wildman–Crippen MR) is 60.6 cm³/mol. The topological polar surface area (TPSA) is 61.5 Å². The van der Waals surface area contributed by atoms with Crippen molar-refractivity contribution in [2.24, 2.45) is 5.73 Å². The van der Waals surface area contributed by atoms with Crippen molar-refractivity contribution in [1.82, 2.24) is 0 Å². The van der Waals surface area contributed by atoms with Gasteiger partial charge in [0.1, 0.15) is 0 Å². The van der Waals surface area contributed by atoms with E-state index in [9.17, 15) is 4.79 Å². The van der Waals surface area contributed by atoms with Crippen LogP contribution in [0.5, 0.6) is 11.5 Å². The highest BCUT2D eigenvalue weighted by Crippen LogP contribution is 2.34. The summed E-state index contributed by atoms with van der Waals surface area (Å²) in [6, 6.07) is 3.39. The lowest BCUT2D eigenvalue weighted by atomic mass is 10.1. The van der Waals surface area contributed by atoms with Gasteiger partial charge in [0, 0.05) is 4.47 Å². The van der Waals surface area contributed by atoms with Gasteiger partial charge in [-0.2, -0.15) is 0 Å². The Hall–Kier alpha value is -1.07. The Morgan fingerprint density at radius 1 is 1.40 bits per heavy atom. The normalized spacial score (nSPS) is 9.87. The maximum absolute atomic E-state index is 11.5. The zero-order chi connectivity index (χ0) is 11.4. The first kappa shape index (κ1) is 12.0. The van der Waals surface area contributed by atoms with Crippen molar-refractivity contribution in [2.45, 2.75) is 0 Å². The van der Waals surface area contributed by atoms with Crippen LogP contribution in [0.25, 0.3) is 0 Å². The number of Topliss-reactive ketones (excluding diaryl/α,β-unsaturated/α-hetero) is 1. The van der Waals surface area contributed by atoms with Crippen molar-refractivity contribution >= 4 is 21.7 Å². The van der Waals surface area contributed by atoms with E-state index in [0.29, 0.717) is 17.1 Å². The Kier molecular flexibility index (Phi) is 4.11. The Morgan fingerprint density at radius 2 is 2.07 bits per heavy atom. The molecule has 0 aliphatic rings. The van der Waals surface area contributed by atoms with Crippen molar-refractivity contribution in [2.75, 3.05) is 20.8 Å². The summed E-state index contributed by atoms with van der Waals surface area (Å²) < 4.78 is 11.0. The Morgan fingerprint density at radius 3 is 2.53 bits per heavy atom. The Labute approximate surface area is 96.5 Å². The summed E-state index contributed by atoms with van der Waals surface area (Å²) >= 11 is 3.29. The van der Waals surface area contributed by atoms with E-state index in [4.69, 9.17) is 15.2 Å². The third-order valence-corrected chi connectivity index (χ3v) is 2.39. The second kappa shape index (κ2) is 5.14. The lowest BCUT2D eigenvalue weighted by Gasteiger charge is -2.12.